The zero-order chi connectivity index (χ0) is 29.6. The molecule has 0 radical (unpaired) electrons. The lowest BCUT2D eigenvalue weighted by molar-refractivity contribution is 0.307. The van der Waals surface area contributed by atoms with Gasteiger partial charge in [0.05, 0.1) is 16.3 Å². The first kappa shape index (κ1) is 26.5. The number of para-hydroxylation sites is 1. The van der Waals surface area contributed by atoms with Crippen LogP contribution in [0.2, 0.25) is 0 Å². The fourth-order valence-electron chi connectivity index (χ4n) is 6.41. The standard InChI is InChI=1S/C38H27FN2O2S/c39-29-19-16-26(17-20-29)36-32-21-18-25-9-2-5-14-31(25)35(32)40-38-41(36)37(42)34(44-38)22-27-10-3-6-15-33(27)43-23-28-12-7-11-24-8-1-4-13-30(24)28/h1-17,19-20,22,36H,18,21,23H2/b34-22-/t36-/m1/s1. The van der Waals surface area contributed by atoms with Crippen LogP contribution in [-0.2, 0) is 13.0 Å². The zero-order valence-corrected chi connectivity index (χ0v) is 24.6. The van der Waals surface area contributed by atoms with Gasteiger partial charge < -0.3 is 4.74 Å². The molecule has 1 atom stereocenters. The van der Waals surface area contributed by atoms with Crippen molar-refractivity contribution in [2.45, 2.75) is 25.5 Å². The molecule has 0 amide bonds. The molecule has 0 fully saturated rings. The highest BCUT2D eigenvalue weighted by Gasteiger charge is 2.32. The Morgan fingerprint density at radius 1 is 0.864 bits per heavy atom. The van der Waals surface area contributed by atoms with Crippen LogP contribution in [0.15, 0.2) is 131 Å². The first-order valence-corrected chi connectivity index (χ1v) is 15.5. The van der Waals surface area contributed by atoms with Gasteiger partial charge in [-0.1, -0.05) is 108 Å². The van der Waals surface area contributed by atoms with Gasteiger partial charge in [-0.15, -0.1) is 0 Å². The Balaban J connectivity index is 1.23. The molecule has 0 saturated heterocycles. The molecule has 8 rings (SSSR count). The number of ether oxygens (including phenoxy) is 1. The van der Waals surface area contributed by atoms with Gasteiger partial charge in [-0.25, -0.2) is 9.38 Å². The summed E-state index contributed by atoms with van der Waals surface area (Å²) in [6, 6.07) is 36.8. The summed E-state index contributed by atoms with van der Waals surface area (Å²) in [5.74, 6) is 0.402. The first-order chi connectivity index (χ1) is 21.6. The van der Waals surface area contributed by atoms with Gasteiger partial charge in [0.1, 0.15) is 18.2 Å². The van der Waals surface area contributed by atoms with E-state index in [1.165, 1.54) is 34.4 Å². The summed E-state index contributed by atoms with van der Waals surface area (Å²) < 4.78 is 22.7. The average molecular weight is 595 g/mol. The van der Waals surface area contributed by atoms with Crippen molar-refractivity contribution in [2.24, 2.45) is 4.99 Å². The normalized spacial score (nSPS) is 15.8. The van der Waals surface area contributed by atoms with Gasteiger partial charge in [0.25, 0.3) is 5.56 Å². The molecule has 0 unspecified atom stereocenters. The third kappa shape index (κ3) is 4.59. The maximum absolute atomic E-state index is 14.2. The summed E-state index contributed by atoms with van der Waals surface area (Å²) in [7, 11) is 0. The summed E-state index contributed by atoms with van der Waals surface area (Å²) in [6.45, 7) is 0.407. The van der Waals surface area contributed by atoms with Crippen LogP contribution in [0.5, 0.6) is 5.75 Å². The second-order valence-electron chi connectivity index (χ2n) is 11.1. The minimum absolute atomic E-state index is 0.114. The van der Waals surface area contributed by atoms with Crippen LogP contribution in [-0.4, -0.2) is 4.57 Å². The topological polar surface area (TPSA) is 43.6 Å². The predicted molar refractivity (Wildman–Crippen MR) is 174 cm³/mol. The van der Waals surface area contributed by atoms with Crippen LogP contribution >= 0.6 is 11.3 Å². The Kier molecular flexibility index (Phi) is 6.57. The molecule has 0 spiro atoms. The number of thiazole rings is 1. The van der Waals surface area contributed by atoms with Gasteiger partial charge in [0.2, 0.25) is 0 Å². The van der Waals surface area contributed by atoms with E-state index in [1.807, 2.05) is 54.6 Å². The van der Waals surface area contributed by atoms with Crippen molar-refractivity contribution in [2.75, 3.05) is 0 Å². The van der Waals surface area contributed by atoms with Crippen LogP contribution < -0.4 is 19.6 Å². The van der Waals surface area contributed by atoms with E-state index in [0.717, 1.165) is 51.8 Å². The molecule has 2 aliphatic rings. The lowest BCUT2D eigenvalue weighted by Crippen LogP contribution is -2.38. The second-order valence-corrected chi connectivity index (χ2v) is 12.1. The molecule has 4 nitrogen and oxygen atoms in total. The molecular formula is C38H27FN2O2S. The Morgan fingerprint density at radius 3 is 2.55 bits per heavy atom. The van der Waals surface area contributed by atoms with Crippen molar-refractivity contribution in [1.29, 1.82) is 0 Å². The number of fused-ring (bicyclic) bond motifs is 4. The monoisotopic (exact) mass is 594 g/mol. The van der Waals surface area contributed by atoms with Crippen molar-refractivity contribution in [3.63, 3.8) is 0 Å². The number of nitrogens with zero attached hydrogens (tertiary/aromatic N) is 2. The molecule has 1 aliphatic heterocycles. The largest absolute Gasteiger partial charge is 0.488 e. The van der Waals surface area contributed by atoms with Crippen molar-refractivity contribution in [3.8, 4) is 5.75 Å². The molecule has 0 bridgehead atoms. The van der Waals surface area contributed by atoms with Gasteiger partial charge >= 0.3 is 0 Å². The summed E-state index contributed by atoms with van der Waals surface area (Å²) >= 11 is 1.38. The average Bonchev–Trinajstić information content (AvgIpc) is 3.37. The smallest absolute Gasteiger partial charge is 0.271 e. The van der Waals surface area contributed by atoms with E-state index < -0.39 is 0 Å². The molecule has 2 heterocycles. The lowest BCUT2D eigenvalue weighted by Gasteiger charge is -2.30. The highest BCUT2D eigenvalue weighted by atomic mass is 32.1. The Labute approximate surface area is 257 Å². The van der Waals surface area contributed by atoms with Gasteiger partial charge in [0, 0.05) is 11.1 Å². The zero-order valence-electron chi connectivity index (χ0n) is 23.7. The van der Waals surface area contributed by atoms with E-state index in [-0.39, 0.29) is 17.4 Å². The summed E-state index contributed by atoms with van der Waals surface area (Å²) in [5.41, 5.74) is 7.06. The van der Waals surface area contributed by atoms with Gasteiger partial charge in [-0.3, -0.25) is 9.36 Å². The number of aryl methyl sites for hydroxylation is 1. The Morgan fingerprint density at radius 2 is 1.64 bits per heavy atom. The van der Waals surface area contributed by atoms with E-state index in [2.05, 4.69) is 42.5 Å². The number of hydrogen-bond acceptors (Lipinski definition) is 4. The number of benzene rings is 5. The van der Waals surface area contributed by atoms with Gasteiger partial charge in [0.15, 0.2) is 4.80 Å². The summed E-state index contributed by atoms with van der Waals surface area (Å²) in [4.78, 5) is 19.9. The second kappa shape index (κ2) is 10.9. The third-order valence-corrected chi connectivity index (χ3v) is 9.51. The number of aromatic nitrogens is 1. The van der Waals surface area contributed by atoms with Gasteiger partial charge in [-0.2, -0.15) is 0 Å². The number of hydrogen-bond donors (Lipinski definition) is 0. The molecule has 0 saturated carbocycles. The van der Waals surface area contributed by atoms with Gasteiger partial charge in [-0.05, 0) is 70.2 Å². The molecule has 6 aromatic rings. The van der Waals surface area contributed by atoms with Crippen LogP contribution in [0.3, 0.4) is 0 Å². The van der Waals surface area contributed by atoms with Crippen molar-refractivity contribution in [1.82, 2.24) is 4.57 Å². The van der Waals surface area contributed by atoms with Crippen LogP contribution in [0.1, 0.15) is 40.3 Å². The number of rotatable bonds is 5. The molecule has 1 aliphatic carbocycles. The van der Waals surface area contributed by atoms with Crippen LogP contribution in [0.4, 0.5) is 4.39 Å². The molecular weight excluding hydrogens is 567 g/mol. The van der Waals surface area contributed by atoms with Crippen molar-refractivity contribution < 1.29 is 9.13 Å². The van der Waals surface area contributed by atoms with Crippen LogP contribution in [0.25, 0.3) is 22.5 Å². The van der Waals surface area contributed by atoms with E-state index in [1.54, 1.807) is 16.7 Å². The lowest BCUT2D eigenvalue weighted by atomic mass is 9.83. The fourth-order valence-corrected chi connectivity index (χ4v) is 7.41. The molecule has 44 heavy (non-hydrogen) atoms. The quantitative estimate of drug-likeness (QED) is 0.212. The Hall–Kier alpha value is -5.07. The Bertz CT molecular complexity index is 2280. The summed E-state index contributed by atoms with van der Waals surface area (Å²) in [5, 5.41) is 2.33. The summed E-state index contributed by atoms with van der Waals surface area (Å²) in [6.07, 6.45) is 3.56. The molecule has 1 aromatic heterocycles. The predicted octanol–water partition coefficient (Wildman–Crippen LogP) is 7.19. The molecule has 214 valence electrons. The van der Waals surface area contributed by atoms with E-state index in [9.17, 15) is 9.18 Å². The van der Waals surface area contributed by atoms with Crippen molar-refractivity contribution >= 4 is 33.9 Å². The van der Waals surface area contributed by atoms with E-state index in [4.69, 9.17) is 9.73 Å². The molecule has 5 aromatic carbocycles. The maximum Gasteiger partial charge on any atom is 0.271 e. The fraction of sp³-hybridized carbons (Fsp3) is 0.105. The highest BCUT2D eigenvalue weighted by molar-refractivity contribution is 7.07. The SMILES string of the molecule is O=c1/c(=C/c2ccccc2OCc2cccc3ccccc23)sc2n1[C@H](c1ccc(F)cc1)C1=C(N=2)c2ccccc2CC1. The molecule has 0 N–H and O–H groups in total. The minimum Gasteiger partial charge on any atom is -0.488 e. The van der Waals surface area contributed by atoms with Crippen molar-refractivity contribution in [3.05, 3.63) is 174 Å². The van der Waals surface area contributed by atoms with E-state index >= 15 is 0 Å². The maximum atomic E-state index is 14.2. The number of halogens is 1. The first-order valence-electron chi connectivity index (χ1n) is 14.7. The minimum atomic E-state index is -0.352. The van der Waals surface area contributed by atoms with E-state index in [0.29, 0.717) is 21.7 Å². The molecule has 6 heteroatoms. The third-order valence-electron chi connectivity index (χ3n) is 8.53. The number of allylic oxidation sites excluding steroid dienone is 1. The highest BCUT2D eigenvalue weighted by Crippen LogP contribution is 2.41. The van der Waals surface area contributed by atoms with Crippen LogP contribution in [0, 0.1) is 5.82 Å².